The second-order valence-electron chi connectivity index (χ2n) is 4.11. The summed E-state index contributed by atoms with van der Waals surface area (Å²) in [4.78, 5) is 13.2. The summed E-state index contributed by atoms with van der Waals surface area (Å²) in [5.74, 6) is -0.473. The van der Waals surface area contributed by atoms with E-state index in [0.717, 1.165) is 5.69 Å². The van der Waals surface area contributed by atoms with Crippen LogP contribution in [0.1, 0.15) is 10.4 Å². The van der Waals surface area contributed by atoms with Crippen molar-refractivity contribution in [3.05, 3.63) is 23.8 Å². The summed E-state index contributed by atoms with van der Waals surface area (Å²) in [5.41, 5.74) is 13.0. The van der Waals surface area contributed by atoms with Crippen LogP contribution in [0.4, 0.5) is 11.4 Å². The fourth-order valence-corrected chi connectivity index (χ4v) is 1.73. The molecule has 1 aromatic rings. The van der Waals surface area contributed by atoms with Crippen LogP contribution >= 0.6 is 0 Å². The average molecular weight is 267 g/mol. The third-order valence-corrected chi connectivity index (χ3v) is 2.79. The van der Waals surface area contributed by atoms with Gasteiger partial charge in [-0.1, -0.05) is 0 Å². The molecule has 0 bridgehead atoms. The number of methoxy groups -OCH3 is 2. The predicted octanol–water partition coefficient (Wildman–Crippen LogP) is 0.467. The van der Waals surface area contributed by atoms with Crippen LogP contribution in [-0.2, 0) is 9.47 Å². The molecule has 1 rings (SSSR count). The zero-order valence-electron chi connectivity index (χ0n) is 11.4. The van der Waals surface area contributed by atoms with Crippen LogP contribution in [0.2, 0.25) is 0 Å². The number of primary amides is 1. The maximum absolute atomic E-state index is 11.2. The van der Waals surface area contributed by atoms with Crippen molar-refractivity contribution in [2.24, 2.45) is 5.73 Å². The summed E-state index contributed by atoms with van der Waals surface area (Å²) in [6.45, 7) is 2.44. The standard InChI is InChI=1S/C13H21N3O3/c1-18-7-5-16(6-8-19-2)12-9-10(13(15)17)3-4-11(12)14/h3-4,9H,5-8,14H2,1-2H3,(H2,15,17). The molecule has 0 unspecified atom stereocenters. The van der Waals surface area contributed by atoms with Crippen molar-refractivity contribution in [2.45, 2.75) is 0 Å². The highest BCUT2D eigenvalue weighted by Gasteiger charge is 2.12. The minimum atomic E-state index is -0.473. The van der Waals surface area contributed by atoms with Gasteiger partial charge >= 0.3 is 0 Å². The molecule has 0 aliphatic heterocycles. The Morgan fingerprint density at radius 3 is 2.26 bits per heavy atom. The Hall–Kier alpha value is -1.79. The van der Waals surface area contributed by atoms with Crippen LogP contribution in [0.5, 0.6) is 0 Å². The van der Waals surface area contributed by atoms with Gasteiger partial charge in [-0.15, -0.1) is 0 Å². The molecule has 1 amide bonds. The van der Waals surface area contributed by atoms with Gasteiger partial charge in [0.05, 0.1) is 24.6 Å². The van der Waals surface area contributed by atoms with Crippen molar-refractivity contribution < 1.29 is 14.3 Å². The Morgan fingerprint density at radius 1 is 1.21 bits per heavy atom. The topological polar surface area (TPSA) is 90.8 Å². The Labute approximate surface area is 113 Å². The Morgan fingerprint density at radius 2 is 1.79 bits per heavy atom. The van der Waals surface area contributed by atoms with Crippen molar-refractivity contribution in [1.29, 1.82) is 0 Å². The summed E-state index contributed by atoms with van der Waals surface area (Å²) >= 11 is 0. The third-order valence-electron chi connectivity index (χ3n) is 2.79. The second-order valence-corrected chi connectivity index (χ2v) is 4.11. The van der Waals surface area contributed by atoms with Crippen LogP contribution < -0.4 is 16.4 Å². The highest BCUT2D eigenvalue weighted by molar-refractivity contribution is 5.95. The Kier molecular flexibility index (Phi) is 6.11. The molecule has 6 nitrogen and oxygen atoms in total. The zero-order valence-corrected chi connectivity index (χ0v) is 11.4. The molecule has 0 aromatic heterocycles. The van der Waals surface area contributed by atoms with E-state index in [1.807, 2.05) is 4.90 Å². The first-order valence-corrected chi connectivity index (χ1v) is 6.02. The van der Waals surface area contributed by atoms with E-state index in [1.165, 1.54) is 0 Å². The highest BCUT2D eigenvalue weighted by Crippen LogP contribution is 2.24. The lowest BCUT2D eigenvalue weighted by atomic mass is 10.1. The first-order chi connectivity index (χ1) is 9.10. The smallest absolute Gasteiger partial charge is 0.248 e. The molecule has 0 saturated carbocycles. The van der Waals surface area contributed by atoms with Gasteiger partial charge in [-0.25, -0.2) is 0 Å². The summed E-state index contributed by atoms with van der Waals surface area (Å²) in [6.07, 6.45) is 0. The number of rotatable bonds is 8. The van der Waals surface area contributed by atoms with E-state index in [9.17, 15) is 4.79 Å². The maximum atomic E-state index is 11.2. The number of ether oxygens (including phenoxy) is 2. The number of carbonyl (C=O) groups is 1. The molecule has 6 heteroatoms. The van der Waals surface area contributed by atoms with E-state index in [4.69, 9.17) is 20.9 Å². The van der Waals surface area contributed by atoms with E-state index in [2.05, 4.69) is 0 Å². The molecule has 0 spiro atoms. The van der Waals surface area contributed by atoms with Gasteiger partial charge in [-0.05, 0) is 18.2 Å². The maximum Gasteiger partial charge on any atom is 0.248 e. The molecule has 0 aliphatic rings. The molecule has 1 aromatic carbocycles. The molecule has 106 valence electrons. The quantitative estimate of drug-likeness (QED) is 0.668. The van der Waals surface area contributed by atoms with Crippen LogP contribution in [0.25, 0.3) is 0 Å². The Balaban J connectivity index is 2.97. The highest BCUT2D eigenvalue weighted by atomic mass is 16.5. The number of benzene rings is 1. The number of carbonyl (C=O) groups excluding carboxylic acids is 1. The minimum Gasteiger partial charge on any atom is -0.397 e. The van der Waals surface area contributed by atoms with Gasteiger partial charge in [-0.2, -0.15) is 0 Å². The fraction of sp³-hybridized carbons (Fsp3) is 0.462. The molecule has 0 atom stereocenters. The van der Waals surface area contributed by atoms with E-state index in [1.54, 1.807) is 32.4 Å². The van der Waals surface area contributed by atoms with Crippen molar-refractivity contribution in [2.75, 3.05) is 51.2 Å². The lowest BCUT2D eigenvalue weighted by molar-refractivity contribution is 0.100. The van der Waals surface area contributed by atoms with Gasteiger partial charge in [0, 0.05) is 32.9 Å². The number of hydrogen-bond donors (Lipinski definition) is 2. The summed E-state index contributed by atoms with van der Waals surface area (Å²) < 4.78 is 10.2. The molecule has 4 N–H and O–H groups in total. The number of nitrogens with zero attached hydrogens (tertiary/aromatic N) is 1. The predicted molar refractivity (Wildman–Crippen MR) is 75.3 cm³/mol. The molecular weight excluding hydrogens is 246 g/mol. The number of amides is 1. The number of nitrogens with two attached hydrogens (primary N) is 2. The van der Waals surface area contributed by atoms with Crippen LogP contribution in [0.3, 0.4) is 0 Å². The van der Waals surface area contributed by atoms with Gasteiger partial charge in [0.2, 0.25) is 5.91 Å². The number of hydrogen-bond acceptors (Lipinski definition) is 5. The molecule has 0 aliphatic carbocycles. The van der Waals surface area contributed by atoms with Gasteiger partial charge in [0.1, 0.15) is 0 Å². The van der Waals surface area contributed by atoms with Crippen LogP contribution in [0, 0.1) is 0 Å². The van der Waals surface area contributed by atoms with Gasteiger partial charge in [-0.3, -0.25) is 4.79 Å². The Bertz CT molecular complexity index is 416. The van der Waals surface area contributed by atoms with Crippen LogP contribution in [-0.4, -0.2) is 46.4 Å². The zero-order chi connectivity index (χ0) is 14.3. The summed E-state index contributed by atoms with van der Waals surface area (Å²) in [6, 6.07) is 5.00. The van der Waals surface area contributed by atoms with Gasteiger partial charge in [0.25, 0.3) is 0 Å². The molecule has 0 fully saturated rings. The van der Waals surface area contributed by atoms with E-state index >= 15 is 0 Å². The normalized spacial score (nSPS) is 10.4. The molecule has 19 heavy (non-hydrogen) atoms. The van der Waals surface area contributed by atoms with Crippen molar-refractivity contribution >= 4 is 17.3 Å². The van der Waals surface area contributed by atoms with Crippen LogP contribution in [0.15, 0.2) is 18.2 Å². The monoisotopic (exact) mass is 267 g/mol. The SMILES string of the molecule is COCCN(CCOC)c1cc(C(N)=O)ccc1N. The van der Waals surface area contributed by atoms with Crippen molar-refractivity contribution in [1.82, 2.24) is 0 Å². The average Bonchev–Trinajstić information content (AvgIpc) is 2.40. The van der Waals surface area contributed by atoms with E-state index in [-0.39, 0.29) is 0 Å². The van der Waals surface area contributed by atoms with E-state index in [0.29, 0.717) is 37.6 Å². The lowest BCUT2D eigenvalue weighted by Crippen LogP contribution is -2.31. The number of nitrogen functional groups attached to an aromatic ring is 1. The second kappa shape index (κ2) is 7.60. The first kappa shape index (κ1) is 15.3. The molecule has 0 radical (unpaired) electrons. The minimum absolute atomic E-state index is 0.434. The fourth-order valence-electron chi connectivity index (χ4n) is 1.73. The van der Waals surface area contributed by atoms with E-state index < -0.39 is 5.91 Å². The molecular formula is C13H21N3O3. The lowest BCUT2D eigenvalue weighted by Gasteiger charge is -2.26. The largest absolute Gasteiger partial charge is 0.397 e. The van der Waals surface area contributed by atoms with Crippen molar-refractivity contribution in [3.63, 3.8) is 0 Å². The summed E-state index contributed by atoms with van der Waals surface area (Å²) in [7, 11) is 3.27. The summed E-state index contributed by atoms with van der Waals surface area (Å²) in [5, 5.41) is 0. The molecule has 0 heterocycles. The third kappa shape index (κ3) is 4.42. The molecule has 0 saturated heterocycles. The number of anilines is 2. The van der Waals surface area contributed by atoms with Gasteiger partial charge in [0.15, 0.2) is 0 Å². The van der Waals surface area contributed by atoms with Crippen molar-refractivity contribution in [3.8, 4) is 0 Å². The first-order valence-electron chi connectivity index (χ1n) is 6.02. The van der Waals surface area contributed by atoms with Gasteiger partial charge < -0.3 is 25.8 Å².